The summed E-state index contributed by atoms with van der Waals surface area (Å²) in [6, 6.07) is 24.0. The molecule has 0 aromatic heterocycles. The van der Waals surface area contributed by atoms with Gasteiger partial charge in [0.2, 0.25) is 21.8 Å². The third-order valence-corrected chi connectivity index (χ3v) is 8.99. The topological polar surface area (TPSA) is 86.8 Å². The molecule has 3 rings (SSSR count). The molecule has 0 saturated heterocycles. The monoisotopic (exact) mass is 655 g/mol. The molecule has 0 radical (unpaired) electrons. The maximum Gasteiger partial charge on any atom is 0.243 e. The molecule has 0 aliphatic rings. The first kappa shape index (κ1) is 33.3. The van der Waals surface area contributed by atoms with Gasteiger partial charge in [0, 0.05) is 36.4 Å². The van der Waals surface area contributed by atoms with Gasteiger partial charge in [-0.15, -0.1) is 0 Å². The summed E-state index contributed by atoms with van der Waals surface area (Å²) in [6.45, 7) is 6.40. The van der Waals surface area contributed by atoms with Gasteiger partial charge >= 0.3 is 0 Å². The zero-order chi connectivity index (χ0) is 30.7. The highest BCUT2D eigenvalue weighted by Crippen LogP contribution is 2.22. The van der Waals surface area contributed by atoms with Crippen LogP contribution in [-0.2, 0) is 39.0 Å². The summed E-state index contributed by atoms with van der Waals surface area (Å²) in [5, 5.41) is 3.08. The van der Waals surface area contributed by atoms with E-state index < -0.39 is 16.1 Å². The van der Waals surface area contributed by atoms with E-state index in [1.165, 1.54) is 10.6 Å². The number of rotatable bonds is 15. The molecule has 0 aliphatic carbocycles. The summed E-state index contributed by atoms with van der Waals surface area (Å²) >= 11 is 3.51. The van der Waals surface area contributed by atoms with Crippen molar-refractivity contribution in [3.63, 3.8) is 0 Å². The van der Waals surface area contributed by atoms with Gasteiger partial charge in [0.15, 0.2) is 0 Å². The first-order chi connectivity index (χ1) is 20.0. The SMILES string of the molecule is CCc1ccc(N(CCCC(=O)N(Cc2cccc(Br)c2)C(Cc2ccccc2)C(=O)NC(C)CC)S(C)(=O)=O)cc1. The van der Waals surface area contributed by atoms with Crippen LogP contribution in [0.4, 0.5) is 5.69 Å². The van der Waals surface area contributed by atoms with Crippen LogP contribution in [0.25, 0.3) is 0 Å². The van der Waals surface area contributed by atoms with Crippen molar-refractivity contribution < 1.29 is 18.0 Å². The number of aryl methyl sites for hydroxylation is 1. The summed E-state index contributed by atoms with van der Waals surface area (Å²) in [6.07, 6.45) is 3.57. The molecule has 3 aromatic carbocycles. The lowest BCUT2D eigenvalue weighted by Gasteiger charge is -2.32. The Bertz CT molecular complexity index is 1410. The standard InChI is InChI=1S/C33H42BrN3O4S/c1-5-25(3)35-33(39)31(23-27-12-8-7-9-13-27)36(24-28-14-10-15-29(34)22-28)32(38)16-11-21-37(42(4,40)41)30-19-17-26(6-2)18-20-30/h7-10,12-15,17-20,22,25,31H,5-6,11,16,21,23-24H2,1-4H3,(H,35,39). The number of hydrogen-bond acceptors (Lipinski definition) is 4. The second-order valence-corrected chi connectivity index (χ2v) is 13.5. The van der Waals surface area contributed by atoms with E-state index in [1.807, 2.05) is 87.5 Å². The van der Waals surface area contributed by atoms with E-state index in [0.717, 1.165) is 34.0 Å². The van der Waals surface area contributed by atoms with Crippen molar-refractivity contribution >= 4 is 43.5 Å². The minimum Gasteiger partial charge on any atom is -0.352 e. The Morgan fingerprint density at radius 2 is 1.57 bits per heavy atom. The number of nitrogens with zero attached hydrogens (tertiary/aromatic N) is 2. The Morgan fingerprint density at radius 1 is 0.905 bits per heavy atom. The number of carbonyl (C=O) groups excluding carboxylic acids is 2. The lowest BCUT2D eigenvalue weighted by molar-refractivity contribution is -0.141. The van der Waals surface area contributed by atoms with E-state index in [-0.39, 0.29) is 37.4 Å². The van der Waals surface area contributed by atoms with Crippen molar-refractivity contribution in [1.29, 1.82) is 0 Å². The van der Waals surface area contributed by atoms with Crippen LogP contribution in [-0.4, -0.2) is 50.0 Å². The van der Waals surface area contributed by atoms with Crippen molar-refractivity contribution in [3.8, 4) is 0 Å². The first-order valence-corrected chi connectivity index (χ1v) is 17.1. The third-order valence-electron chi connectivity index (χ3n) is 7.30. The Balaban J connectivity index is 1.88. The van der Waals surface area contributed by atoms with Gasteiger partial charge in [-0.05, 0) is 67.1 Å². The maximum absolute atomic E-state index is 13.9. The number of amides is 2. The Hall–Kier alpha value is -3.17. The van der Waals surface area contributed by atoms with Gasteiger partial charge in [-0.1, -0.05) is 84.4 Å². The number of sulfonamides is 1. The zero-order valence-electron chi connectivity index (χ0n) is 24.9. The van der Waals surface area contributed by atoms with E-state index in [4.69, 9.17) is 0 Å². The largest absolute Gasteiger partial charge is 0.352 e. The average molecular weight is 657 g/mol. The summed E-state index contributed by atoms with van der Waals surface area (Å²) in [5.41, 5.74) is 3.53. The molecule has 0 heterocycles. The van der Waals surface area contributed by atoms with E-state index in [9.17, 15) is 18.0 Å². The molecular formula is C33H42BrN3O4S. The number of anilines is 1. The summed E-state index contributed by atoms with van der Waals surface area (Å²) in [4.78, 5) is 29.3. The van der Waals surface area contributed by atoms with Gasteiger partial charge in [0.1, 0.15) is 6.04 Å². The molecule has 0 aliphatic heterocycles. The number of benzene rings is 3. The highest BCUT2D eigenvalue weighted by molar-refractivity contribution is 9.10. The van der Waals surface area contributed by atoms with Crippen LogP contribution < -0.4 is 9.62 Å². The number of hydrogen-bond donors (Lipinski definition) is 1. The average Bonchev–Trinajstić information content (AvgIpc) is 2.97. The molecule has 3 aromatic rings. The molecule has 7 nitrogen and oxygen atoms in total. The van der Waals surface area contributed by atoms with Crippen LogP contribution in [0.1, 0.15) is 56.7 Å². The Morgan fingerprint density at radius 3 is 2.17 bits per heavy atom. The van der Waals surface area contributed by atoms with Crippen LogP contribution >= 0.6 is 15.9 Å². The lowest BCUT2D eigenvalue weighted by Crippen LogP contribution is -2.52. The molecule has 2 amide bonds. The predicted molar refractivity (Wildman–Crippen MR) is 174 cm³/mol. The van der Waals surface area contributed by atoms with Crippen LogP contribution in [0.5, 0.6) is 0 Å². The Kier molecular flexibility index (Phi) is 12.6. The van der Waals surface area contributed by atoms with Crippen LogP contribution in [0, 0.1) is 0 Å². The minimum absolute atomic E-state index is 0.0407. The van der Waals surface area contributed by atoms with Gasteiger partial charge < -0.3 is 10.2 Å². The highest BCUT2D eigenvalue weighted by atomic mass is 79.9. The molecule has 226 valence electrons. The molecule has 0 spiro atoms. The second kappa shape index (κ2) is 15.9. The molecule has 9 heteroatoms. The Labute approximate surface area is 259 Å². The third kappa shape index (κ3) is 9.98. The van der Waals surface area contributed by atoms with Gasteiger partial charge in [0.05, 0.1) is 11.9 Å². The number of carbonyl (C=O) groups is 2. The van der Waals surface area contributed by atoms with Gasteiger partial charge in [-0.2, -0.15) is 0 Å². The number of nitrogens with one attached hydrogen (secondary N) is 1. The van der Waals surface area contributed by atoms with E-state index in [1.54, 1.807) is 17.0 Å². The van der Waals surface area contributed by atoms with Gasteiger partial charge in [-0.25, -0.2) is 8.42 Å². The van der Waals surface area contributed by atoms with E-state index >= 15 is 0 Å². The smallest absolute Gasteiger partial charge is 0.243 e. The predicted octanol–water partition coefficient (Wildman–Crippen LogP) is 6.11. The molecule has 0 saturated carbocycles. The summed E-state index contributed by atoms with van der Waals surface area (Å²) in [5.74, 6) is -0.407. The van der Waals surface area contributed by atoms with Crippen molar-refractivity contribution in [2.45, 2.75) is 71.5 Å². The summed E-state index contributed by atoms with van der Waals surface area (Å²) < 4.78 is 27.6. The van der Waals surface area contributed by atoms with Crippen LogP contribution in [0.15, 0.2) is 83.3 Å². The maximum atomic E-state index is 13.9. The number of halogens is 1. The molecule has 0 fully saturated rings. The molecule has 2 unspecified atom stereocenters. The molecule has 1 N–H and O–H groups in total. The fourth-order valence-electron chi connectivity index (χ4n) is 4.73. The fourth-order valence-corrected chi connectivity index (χ4v) is 6.14. The fraction of sp³-hybridized carbons (Fsp3) is 0.394. The van der Waals surface area contributed by atoms with Crippen molar-refractivity contribution in [3.05, 3.63) is 100 Å². The molecule has 2 atom stereocenters. The molecular weight excluding hydrogens is 614 g/mol. The van der Waals surface area contributed by atoms with E-state index in [2.05, 4.69) is 21.2 Å². The van der Waals surface area contributed by atoms with Crippen LogP contribution in [0.2, 0.25) is 0 Å². The lowest BCUT2D eigenvalue weighted by atomic mass is 10.0. The summed E-state index contributed by atoms with van der Waals surface area (Å²) in [7, 11) is -3.56. The minimum atomic E-state index is -3.56. The molecule has 42 heavy (non-hydrogen) atoms. The van der Waals surface area contributed by atoms with Gasteiger partial charge in [-0.3, -0.25) is 13.9 Å². The quantitative estimate of drug-likeness (QED) is 0.214. The van der Waals surface area contributed by atoms with Crippen molar-refractivity contribution in [2.24, 2.45) is 0 Å². The molecule has 0 bridgehead atoms. The highest BCUT2D eigenvalue weighted by Gasteiger charge is 2.31. The normalized spacial score (nSPS) is 12.8. The van der Waals surface area contributed by atoms with Crippen molar-refractivity contribution in [2.75, 3.05) is 17.1 Å². The second-order valence-electron chi connectivity index (χ2n) is 10.6. The zero-order valence-corrected chi connectivity index (χ0v) is 27.3. The first-order valence-electron chi connectivity index (χ1n) is 14.5. The van der Waals surface area contributed by atoms with Gasteiger partial charge in [0.25, 0.3) is 0 Å². The van der Waals surface area contributed by atoms with Crippen molar-refractivity contribution in [1.82, 2.24) is 10.2 Å². The van der Waals surface area contributed by atoms with Crippen LogP contribution in [0.3, 0.4) is 0 Å². The van der Waals surface area contributed by atoms with E-state index in [0.29, 0.717) is 18.5 Å².